The Hall–Kier alpha value is -3.06. The van der Waals surface area contributed by atoms with E-state index in [4.69, 9.17) is 10.5 Å². The maximum atomic E-state index is 13.5. The number of aromatic nitrogens is 1. The number of amides is 1. The lowest BCUT2D eigenvalue weighted by atomic mass is 10.1. The highest BCUT2D eigenvalue weighted by atomic mass is 32.2. The lowest BCUT2D eigenvalue weighted by molar-refractivity contribution is 0.0907. The molecule has 1 aromatic heterocycles. The minimum atomic E-state index is -3.73. The molecule has 4 N–H and O–H groups in total. The molecule has 13 heteroatoms. The number of hydrogen-bond donors (Lipinski definition) is 3. The second-order valence-corrected chi connectivity index (χ2v) is 11.8. The number of nitrogens with zero attached hydrogens (tertiary/aromatic N) is 2. The van der Waals surface area contributed by atoms with Crippen molar-refractivity contribution >= 4 is 27.6 Å². The Morgan fingerprint density at radius 3 is 2.41 bits per heavy atom. The maximum Gasteiger partial charge on any atom is 0.251 e. The molecule has 1 aliphatic carbocycles. The monoisotopic (exact) mass is 543 g/mol. The first kappa shape index (κ1) is 28.5. The number of rotatable bonds is 13. The van der Waals surface area contributed by atoms with Crippen molar-refractivity contribution in [3.05, 3.63) is 47.5 Å². The molecule has 1 fully saturated rings. The summed E-state index contributed by atoms with van der Waals surface area (Å²) in [6, 6.07) is 3.07. The van der Waals surface area contributed by atoms with Gasteiger partial charge in [0, 0.05) is 37.4 Å². The molecule has 1 amide bonds. The van der Waals surface area contributed by atoms with E-state index in [1.807, 2.05) is 0 Å². The van der Waals surface area contributed by atoms with Crippen LogP contribution in [0.15, 0.2) is 30.3 Å². The van der Waals surface area contributed by atoms with Crippen molar-refractivity contribution in [2.75, 3.05) is 36.5 Å². The molecule has 1 heterocycles. The first-order valence-corrected chi connectivity index (χ1v) is 13.4. The molecule has 1 aliphatic rings. The van der Waals surface area contributed by atoms with Crippen molar-refractivity contribution in [3.8, 4) is 5.75 Å². The van der Waals surface area contributed by atoms with Gasteiger partial charge in [-0.15, -0.1) is 0 Å². The van der Waals surface area contributed by atoms with Gasteiger partial charge in [0.05, 0.1) is 17.3 Å². The Balaban J connectivity index is 1.84. The highest BCUT2D eigenvalue weighted by Gasteiger charge is 2.27. The van der Waals surface area contributed by atoms with Crippen LogP contribution in [-0.2, 0) is 10.0 Å². The van der Waals surface area contributed by atoms with Crippen LogP contribution < -0.4 is 25.4 Å². The predicted molar refractivity (Wildman–Crippen MR) is 135 cm³/mol. The molecule has 0 saturated heterocycles. The maximum absolute atomic E-state index is 13.5. The van der Waals surface area contributed by atoms with E-state index >= 15 is 0 Å². The molecule has 204 valence electrons. The van der Waals surface area contributed by atoms with Gasteiger partial charge < -0.3 is 21.1 Å². The highest BCUT2D eigenvalue weighted by molar-refractivity contribution is 7.93. The van der Waals surface area contributed by atoms with Crippen LogP contribution in [0, 0.1) is 17.6 Å². The Labute approximate surface area is 214 Å². The van der Waals surface area contributed by atoms with Crippen LogP contribution in [0.5, 0.6) is 5.75 Å². The van der Waals surface area contributed by atoms with E-state index in [9.17, 15) is 26.4 Å². The molecule has 3 rings (SSSR count). The Morgan fingerprint density at radius 1 is 1.19 bits per heavy atom. The third kappa shape index (κ3) is 7.71. The van der Waals surface area contributed by atoms with Gasteiger partial charge in [-0.05, 0) is 44.7 Å². The summed E-state index contributed by atoms with van der Waals surface area (Å²) in [5.74, 6) is -1.74. The van der Waals surface area contributed by atoms with E-state index < -0.39 is 51.6 Å². The molecule has 37 heavy (non-hydrogen) atoms. The first-order valence-electron chi connectivity index (χ1n) is 11.9. The van der Waals surface area contributed by atoms with E-state index in [0.29, 0.717) is 24.3 Å². The van der Waals surface area contributed by atoms with Crippen LogP contribution >= 0.6 is 0 Å². The fourth-order valence-electron chi connectivity index (χ4n) is 3.35. The summed E-state index contributed by atoms with van der Waals surface area (Å²) in [6.45, 7) is 2.30. The molecule has 0 bridgehead atoms. The summed E-state index contributed by atoms with van der Waals surface area (Å²) in [4.78, 5) is 17.5. The number of alkyl halides is 1. The topological polar surface area (TPSA) is 127 Å². The third-order valence-electron chi connectivity index (χ3n) is 5.92. The number of sulfonamides is 1. The van der Waals surface area contributed by atoms with E-state index in [-0.39, 0.29) is 23.7 Å². The van der Waals surface area contributed by atoms with Crippen LogP contribution in [0.4, 0.5) is 24.8 Å². The number of carbonyl (C=O) groups is 1. The van der Waals surface area contributed by atoms with E-state index in [2.05, 4.69) is 15.6 Å². The van der Waals surface area contributed by atoms with Gasteiger partial charge in [-0.2, -0.15) is 0 Å². The molecule has 1 aromatic carbocycles. The van der Waals surface area contributed by atoms with Gasteiger partial charge in [-0.25, -0.2) is 26.6 Å². The van der Waals surface area contributed by atoms with Crippen molar-refractivity contribution in [1.29, 1.82) is 0 Å². The molecular formula is C24H32F3N5O4S. The normalized spacial score (nSPS) is 15.2. The molecule has 0 unspecified atom stereocenters. The molecule has 0 aliphatic heterocycles. The van der Waals surface area contributed by atoms with Crippen molar-refractivity contribution in [1.82, 2.24) is 10.3 Å². The average Bonchev–Trinajstić information content (AvgIpc) is 3.68. The van der Waals surface area contributed by atoms with E-state index in [1.165, 1.54) is 33.0 Å². The van der Waals surface area contributed by atoms with Crippen LogP contribution in [-0.4, -0.2) is 63.5 Å². The van der Waals surface area contributed by atoms with Crippen molar-refractivity contribution in [3.63, 3.8) is 0 Å². The minimum Gasteiger partial charge on any atom is -0.491 e. The zero-order valence-electron chi connectivity index (χ0n) is 20.9. The van der Waals surface area contributed by atoms with Crippen LogP contribution in [0.1, 0.15) is 37.0 Å². The highest BCUT2D eigenvalue weighted by Crippen LogP contribution is 2.29. The number of nitrogens with two attached hydrogens (primary N) is 1. The number of carbonyl (C=O) groups excluding carboxylic acids is 1. The van der Waals surface area contributed by atoms with Gasteiger partial charge in [-0.3, -0.25) is 9.10 Å². The molecule has 1 saturated carbocycles. The van der Waals surface area contributed by atoms with E-state index in [1.54, 1.807) is 0 Å². The second-order valence-electron chi connectivity index (χ2n) is 9.30. The summed E-state index contributed by atoms with van der Waals surface area (Å²) in [5.41, 5.74) is 5.88. The summed E-state index contributed by atoms with van der Waals surface area (Å²) >= 11 is 0. The van der Waals surface area contributed by atoms with Crippen molar-refractivity contribution in [2.24, 2.45) is 11.7 Å². The molecule has 9 nitrogen and oxygen atoms in total. The SMILES string of the molecule is CC(C)S(=O)(=O)N(C)c1cc(C(=O)N[C@@H](COc2cc(F)cc(F)c2)[C@@H](N)CF)cc(NCC2CC2)n1. The number of ether oxygens (including phenoxy) is 1. The van der Waals surface area contributed by atoms with Gasteiger partial charge >= 0.3 is 0 Å². The van der Waals surface area contributed by atoms with Gasteiger partial charge in [0.25, 0.3) is 5.91 Å². The number of benzene rings is 1. The van der Waals surface area contributed by atoms with Crippen molar-refractivity contribution in [2.45, 2.75) is 44.0 Å². The Kier molecular flexibility index (Phi) is 9.24. The van der Waals surface area contributed by atoms with Gasteiger partial charge in [0.1, 0.15) is 42.3 Å². The lowest BCUT2D eigenvalue weighted by Gasteiger charge is -2.25. The zero-order chi connectivity index (χ0) is 27.3. The Bertz CT molecular complexity index is 1190. The average molecular weight is 544 g/mol. The molecule has 2 atom stereocenters. The summed E-state index contributed by atoms with van der Waals surface area (Å²) in [6.07, 6.45) is 2.14. The first-order chi connectivity index (χ1) is 17.4. The fraction of sp³-hybridized carbons (Fsp3) is 0.500. The summed E-state index contributed by atoms with van der Waals surface area (Å²) in [5, 5.41) is 4.98. The minimum absolute atomic E-state index is 0.0254. The fourth-order valence-corrected chi connectivity index (χ4v) is 4.33. The van der Waals surface area contributed by atoms with Gasteiger partial charge in [0.2, 0.25) is 10.0 Å². The van der Waals surface area contributed by atoms with E-state index in [0.717, 1.165) is 29.3 Å². The van der Waals surface area contributed by atoms with Crippen molar-refractivity contribution < 1.29 is 31.1 Å². The quantitative estimate of drug-likeness (QED) is 0.355. The molecule has 0 radical (unpaired) electrons. The van der Waals surface area contributed by atoms with Crippen LogP contribution in [0.3, 0.4) is 0 Å². The van der Waals surface area contributed by atoms with Gasteiger partial charge in [-0.1, -0.05) is 0 Å². The summed E-state index contributed by atoms with van der Waals surface area (Å²) in [7, 11) is -2.39. The predicted octanol–water partition coefficient (Wildman–Crippen LogP) is 2.83. The standard InChI is InChI=1S/C24H32F3N5O4S/c1-14(2)37(34,35)32(3)23-7-16(6-22(31-23)29-12-15-4-5-15)24(33)30-21(20(28)11-25)13-36-19-9-17(26)8-18(27)10-19/h6-10,14-15,20-21H,4-5,11-13,28H2,1-3H3,(H,29,31)(H,30,33)/t20-,21-/m0/s1. The summed E-state index contributed by atoms with van der Waals surface area (Å²) < 4.78 is 72.1. The lowest BCUT2D eigenvalue weighted by Crippen LogP contribution is -2.52. The zero-order valence-corrected chi connectivity index (χ0v) is 21.7. The molecule has 2 aromatic rings. The number of hydrogen-bond acceptors (Lipinski definition) is 7. The third-order valence-corrected chi connectivity index (χ3v) is 8.06. The second kappa shape index (κ2) is 12.0. The molecule has 0 spiro atoms. The number of pyridine rings is 1. The number of nitrogens with one attached hydrogen (secondary N) is 2. The van der Waals surface area contributed by atoms with Gasteiger partial charge in [0.15, 0.2) is 0 Å². The molecular weight excluding hydrogens is 511 g/mol. The Morgan fingerprint density at radius 2 is 1.84 bits per heavy atom. The van der Waals surface area contributed by atoms with Crippen LogP contribution in [0.2, 0.25) is 0 Å². The number of anilines is 2. The van der Waals surface area contributed by atoms with Crippen LogP contribution in [0.25, 0.3) is 0 Å². The number of halogens is 3. The largest absolute Gasteiger partial charge is 0.491 e. The smallest absolute Gasteiger partial charge is 0.251 e.